The van der Waals surface area contributed by atoms with E-state index in [1.165, 1.54) is 0 Å². The second-order valence-electron chi connectivity index (χ2n) is 8.81. The van der Waals surface area contributed by atoms with Gasteiger partial charge in [0.15, 0.2) is 5.69 Å². The van der Waals surface area contributed by atoms with Gasteiger partial charge in [-0.3, -0.25) is 9.59 Å². The smallest absolute Gasteiger partial charge is 0.272 e. The van der Waals surface area contributed by atoms with E-state index in [1.807, 2.05) is 24.3 Å². The summed E-state index contributed by atoms with van der Waals surface area (Å²) in [7, 11) is 0. The topological polar surface area (TPSA) is 84.0 Å². The molecule has 0 bridgehead atoms. The van der Waals surface area contributed by atoms with Crippen LogP contribution < -0.4 is 10.6 Å². The van der Waals surface area contributed by atoms with Crippen molar-refractivity contribution in [2.75, 3.05) is 6.54 Å². The van der Waals surface area contributed by atoms with Crippen molar-refractivity contribution in [1.29, 1.82) is 0 Å². The lowest BCUT2D eigenvalue weighted by Crippen LogP contribution is -2.51. The fraction of sp³-hybridized carbons (Fsp3) is 0.545. The highest BCUT2D eigenvalue weighted by Crippen LogP contribution is 2.42. The van der Waals surface area contributed by atoms with Crippen molar-refractivity contribution in [3.63, 3.8) is 0 Å². The Kier molecular flexibility index (Phi) is 5.96. The van der Waals surface area contributed by atoms with Gasteiger partial charge in [-0.2, -0.15) is 5.10 Å². The number of benzene rings is 1. The molecule has 3 rings (SSSR count). The Morgan fingerprint density at radius 1 is 1.25 bits per heavy atom. The van der Waals surface area contributed by atoms with Crippen molar-refractivity contribution < 1.29 is 9.59 Å². The molecule has 6 heteroatoms. The SMILES string of the molecule is CCC[C@@H]1C[C@H]1C(=O)NCC(NC(=O)c1nncc2ccccc12)C(C)(C)C. The van der Waals surface area contributed by atoms with Crippen LogP contribution in [0.3, 0.4) is 0 Å². The second kappa shape index (κ2) is 8.25. The molecule has 1 saturated carbocycles. The van der Waals surface area contributed by atoms with Crippen LogP contribution in [-0.2, 0) is 4.79 Å². The van der Waals surface area contributed by atoms with Gasteiger partial charge in [0.2, 0.25) is 5.91 Å². The molecule has 2 amide bonds. The summed E-state index contributed by atoms with van der Waals surface area (Å²) in [5.74, 6) is 0.500. The fourth-order valence-corrected chi connectivity index (χ4v) is 3.59. The second-order valence-corrected chi connectivity index (χ2v) is 8.81. The predicted molar refractivity (Wildman–Crippen MR) is 110 cm³/mol. The summed E-state index contributed by atoms with van der Waals surface area (Å²) in [6.45, 7) is 8.71. The lowest BCUT2D eigenvalue weighted by molar-refractivity contribution is -0.122. The molecule has 0 saturated heterocycles. The highest BCUT2D eigenvalue weighted by Gasteiger charge is 2.42. The maximum atomic E-state index is 12.9. The maximum Gasteiger partial charge on any atom is 0.272 e. The van der Waals surface area contributed by atoms with Crippen LogP contribution in [0.4, 0.5) is 0 Å². The first-order valence-electron chi connectivity index (χ1n) is 10.1. The molecule has 1 aliphatic carbocycles. The van der Waals surface area contributed by atoms with Crippen LogP contribution in [0.5, 0.6) is 0 Å². The molecular formula is C22H30N4O2. The van der Waals surface area contributed by atoms with Gasteiger partial charge in [0.1, 0.15) is 0 Å². The van der Waals surface area contributed by atoms with Gasteiger partial charge in [0, 0.05) is 23.2 Å². The van der Waals surface area contributed by atoms with Gasteiger partial charge in [0.05, 0.1) is 12.2 Å². The third kappa shape index (κ3) is 4.66. The van der Waals surface area contributed by atoms with Crippen molar-refractivity contribution >= 4 is 22.6 Å². The molecule has 2 aromatic rings. The Morgan fingerprint density at radius 3 is 2.71 bits per heavy atom. The monoisotopic (exact) mass is 382 g/mol. The van der Waals surface area contributed by atoms with Gasteiger partial charge in [-0.25, -0.2) is 0 Å². The quantitative estimate of drug-likeness (QED) is 0.769. The molecule has 150 valence electrons. The summed E-state index contributed by atoms with van der Waals surface area (Å²) in [6, 6.07) is 7.35. The Balaban J connectivity index is 1.67. The minimum Gasteiger partial charge on any atom is -0.354 e. The van der Waals surface area contributed by atoms with Crippen LogP contribution >= 0.6 is 0 Å². The molecule has 6 nitrogen and oxygen atoms in total. The number of carbonyl (C=O) groups is 2. The third-order valence-electron chi connectivity index (χ3n) is 5.54. The van der Waals surface area contributed by atoms with Crippen LogP contribution in [0.15, 0.2) is 30.5 Å². The largest absolute Gasteiger partial charge is 0.354 e. The number of amides is 2. The fourth-order valence-electron chi connectivity index (χ4n) is 3.59. The van der Waals surface area contributed by atoms with E-state index in [9.17, 15) is 9.59 Å². The molecule has 1 heterocycles. The van der Waals surface area contributed by atoms with E-state index in [-0.39, 0.29) is 29.2 Å². The summed E-state index contributed by atoms with van der Waals surface area (Å²) in [5.41, 5.74) is 0.0942. The minimum atomic E-state index is -0.270. The van der Waals surface area contributed by atoms with Crippen molar-refractivity contribution in [3.05, 3.63) is 36.2 Å². The molecular weight excluding hydrogens is 352 g/mol. The van der Waals surface area contributed by atoms with E-state index in [2.05, 4.69) is 48.5 Å². The summed E-state index contributed by atoms with van der Waals surface area (Å²) < 4.78 is 0. The van der Waals surface area contributed by atoms with Crippen molar-refractivity contribution in [1.82, 2.24) is 20.8 Å². The van der Waals surface area contributed by atoms with Gasteiger partial charge in [-0.05, 0) is 24.2 Å². The molecule has 1 aromatic heterocycles. The standard InChI is InChI=1S/C22H30N4O2/c1-5-8-14-11-17(14)20(27)23-13-18(22(2,3)4)25-21(28)19-16-10-7-6-9-15(16)12-24-26-19/h6-7,9-10,12,14,17-18H,5,8,11,13H2,1-4H3,(H,23,27)(H,25,28)/t14-,17-,18?/m1/s1. The van der Waals surface area contributed by atoms with Crippen LogP contribution in [0, 0.1) is 17.3 Å². The molecule has 28 heavy (non-hydrogen) atoms. The summed E-state index contributed by atoms with van der Waals surface area (Å²) in [6.07, 6.45) is 4.85. The van der Waals surface area contributed by atoms with Gasteiger partial charge < -0.3 is 10.6 Å². The maximum absolute atomic E-state index is 12.9. The van der Waals surface area contributed by atoms with Crippen LogP contribution in [0.1, 0.15) is 57.4 Å². The first-order valence-corrected chi connectivity index (χ1v) is 10.1. The molecule has 0 radical (unpaired) electrons. The average Bonchev–Trinajstić information content (AvgIpc) is 3.43. The summed E-state index contributed by atoms with van der Waals surface area (Å²) >= 11 is 0. The van der Waals surface area contributed by atoms with Gasteiger partial charge in [0.25, 0.3) is 5.91 Å². The Hall–Kier alpha value is -2.50. The number of fused-ring (bicyclic) bond motifs is 1. The van der Waals surface area contributed by atoms with Gasteiger partial charge in [-0.15, -0.1) is 5.10 Å². The molecule has 1 unspecified atom stereocenters. The lowest BCUT2D eigenvalue weighted by atomic mass is 9.86. The third-order valence-corrected chi connectivity index (χ3v) is 5.54. The highest BCUT2D eigenvalue weighted by molar-refractivity contribution is 6.04. The van der Waals surface area contributed by atoms with Gasteiger partial charge in [-0.1, -0.05) is 58.4 Å². The highest BCUT2D eigenvalue weighted by atomic mass is 16.2. The molecule has 0 spiro atoms. The number of hydrogen-bond donors (Lipinski definition) is 2. The number of nitrogens with zero attached hydrogens (tertiary/aromatic N) is 2. The van der Waals surface area contributed by atoms with E-state index < -0.39 is 0 Å². The zero-order valence-electron chi connectivity index (χ0n) is 17.2. The Bertz CT molecular complexity index is 854. The number of hydrogen-bond acceptors (Lipinski definition) is 4. The Morgan fingerprint density at radius 2 is 2.00 bits per heavy atom. The summed E-state index contributed by atoms with van der Waals surface area (Å²) in [4.78, 5) is 25.3. The summed E-state index contributed by atoms with van der Waals surface area (Å²) in [5, 5.41) is 15.8. The molecule has 1 fully saturated rings. The van der Waals surface area contributed by atoms with Crippen LogP contribution in [0.2, 0.25) is 0 Å². The average molecular weight is 383 g/mol. The molecule has 1 aromatic carbocycles. The van der Waals surface area contributed by atoms with Crippen molar-refractivity contribution in [3.8, 4) is 0 Å². The van der Waals surface area contributed by atoms with Gasteiger partial charge >= 0.3 is 0 Å². The molecule has 1 aliphatic rings. The first kappa shape index (κ1) is 20.2. The number of rotatable bonds is 7. The Labute approximate surface area is 166 Å². The van der Waals surface area contributed by atoms with Crippen LogP contribution in [-0.4, -0.2) is 34.6 Å². The minimum absolute atomic E-state index is 0.104. The zero-order valence-corrected chi connectivity index (χ0v) is 17.2. The molecule has 2 N–H and O–H groups in total. The molecule has 3 atom stereocenters. The van der Waals surface area contributed by atoms with Crippen LogP contribution in [0.25, 0.3) is 10.8 Å². The van der Waals surface area contributed by atoms with Crippen molar-refractivity contribution in [2.45, 2.75) is 53.0 Å². The predicted octanol–water partition coefficient (Wildman–Crippen LogP) is 3.33. The normalized spacial score (nSPS) is 19.9. The zero-order chi connectivity index (χ0) is 20.3. The molecule has 0 aliphatic heterocycles. The van der Waals surface area contributed by atoms with E-state index in [4.69, 9.17) is 0 Å². The van der Waals surface area contributed by atoms with E-state index in [0.29, 0.717) is 18.2 Å². The first-order chi connectivity index (χ1) is 13.3. The van der Waals surface area contributed by atoms with E-state index in [1.54, 1.807) is 6.20 Å². The van der Waals surface area contributed by atoms with E-state index >= 15 is 0 Å². The lowest BCUT2D eigenvalue weighted by Gasteiger charge is -2.31. The number of carbonyl (C=O) groups excluding carboxylic acids is 2. The number of aromatic nitrogens is 2. The van der Waals surface area contributed by atoms with E-state index in [0.717, 1.165) is 30.0 Å². The number of nitrogens with one attached hydrogen (secondary N) is 2. The van der Waals surface area contributed by atoms with Crippen molar-refractivity contribution in [2.24, 2.45) is 17.3 Å².